The number of nitrogens with zero attached hydrogens (tertiary/aromatic N) is 1. The van der Waals surface area contributed by atoms with Crippen LogP contribution < -0.4 is 14.8 Å². The van der Waals surface area contributed by atoms with E-state index in [4.69, 9.17) is 16.3 Å². The summed E-state index contributed by atoms with van der Waals surface area (Å²) >= 11 is 5.82. The molecule has 2 amide bonds. The lowest BCUT2D eigenvalue weighted by Crippen LogP contribution is -2.46. The summed E-state index contributed by atoms with van der Waals surface area (Å²) in [7, 11) is 0. The van der Waals surface area contributed by atoms with Crippen molar-refractivity contribution >= 4 is 23.4 Å². The molecular formula is C22H23ClF2N2O4. The van der Waals surface area contributed by atoms with Gasteiger partial charge in [-0.15, -0.1) is 0 Å². The number of benzene rings is 2. The number of alkyl halides is 2. The van der Waals surface area contributed by atoms with Crippen LogP contribution in [-0.2, 0) is 4.79 Å². The molecule has 0 saturated carbocycles. The summed E-state index contributed by atoms with van der Waals surface area (Å²) < 4.78 is 35.3. The van der Waals surface area contributed by atoms with Gasteiger partial charge < -0.3 is 19.7 Å². The van der Waals surface area contributed by atoms with Crippen LogP contribution >= 0.6 is 11.6 Å². The molecule has 0 bridgehead atoms. The van der Waals surface area contributed by atoms with E-state index >= 15 is 0 Å². The Balaban J connectivity index is 1.51. The van der Waals surface area contributed by atoms with Crippen LogP contribution in [0, 0.1) is 5.92 Å². The van der Waals surface area contributed by atoms with Crippen LogP contribution in [0.3, 0.4) is 0 Å². The van der Waals surface area contributed by atoms with Crippen LogP contribution in [0.2, 0.25) is 5.02 Å². The van der Waals surface area contributed by atoms with Gasteiger partial charge in [-0.1, -0.05) is 23.7 Å². The highest BCUT2D eigenvalue weighted by Crippen LogP contribution is 2.25. The molecule has 3 rings (SSSR count). The van der Waals surface area contributed by atoms with Crippen LogP contribution in [0.4, 0.5) is 8.78 Å². The molecule has 1 aliphatic rings. The van der Waals surface area contributed by atoms with Gasteiger partial charge in [0.25, 0.3) is 5.91 Å². The first-order valence-electron chi connectivity index (χ1n) is 9.93. The molecule has 2 aromatic rings. The maximum absolute atomic E-state index is 12.9. The number of rotatable bonds is 8. The lowest BCUT2D eigenvalue weighted by atomic mass is 9.96. The lowest BCUT2D eigenvalue weighted by Gasteiger charge is -2.32. The topological polar surface area (TPSA) is 67.9 Å². The number of hydrogen-bond donors (Lipinski definition) is 1. The predicted octanol–water partition coefficient (Wildman–Crippen LogP) is 3.99. The second-order valence-corrected chi connectivity index (χ2v) is 7.49. The lowest BCUT2D eigenvalue weighted by molar-refractivity contribution is -0.126. The molecule has 6 nitrogen and oxygen atoms in total. The third-order valence-electron chi connectivity index (χ3n) is 4.90. The van der Waals surface area contributed by atoms with Crippen molar-refractivity contribution in [2.45, 2.75) is 19.5 Å². The number of halogens is 3. The average molecular weight is 453 g/mol. The summed E-state index contributed by atoms with van der Waals surface area (Å²) in [4.78, 5) is 26.9. The van der Waals surface area contributed by atoms with Crippen molar-refractivity contribution in [1.29, 1.82) is 0 Å². The van der Waals surface area contributed by atoms with Crippen LogP contribution in [0.15, 0.2) is 48.5 Å². The van der Waals surface area contributed by atoms with Crippen molar-refractivity contribution in [2.24, 2.45) is 5.92 Å². The molecule has 1 saturated heterocycles. The first-order valence-corrected chi connectivity index (χ1v) is 10.3. The molecule has 1 fully saturated rings. The van der Waals surface area contributed by atoms with E-state index in [2.05, 4.69) is 10.1 Å². The molecule has 1 atom stereocenters. The van der Waals surface area contributed by atoms with Crippen LogP contribution in [-0.4, -0.2) is 49.6 Å². The number of nitrogens with one attached hydrogen (secondary N) is 1. The van der Waals surface area contributed by atoms with Gasteiger partial charge in [0.15, 0.2) is 0 Å². The minimum atomic E-state index is -3.02. The molecule has 166 valence electrons. The van der Waals surface area contributed by atoms with Crippen molar-refractivity contribution in [3.63, 3.8) is 0 Å². The third-order valence-corrected chi connectivity index (χ3v) is 5.15. The van der Waals surface area contributed by atoms with E-state index in [9.17, 15) is 18.4 Å². The second-order valence-electron chi connectivity index (χ2n) is 7.06. The summed E-state index contributed by atoms with van der Waals surface area (Å²) in [5.41, 5.74) is 0.0558. The van der Waals surface area contributed by atoms with E-state index in [1.54, 1.807) is 30.3 Å². The van der Waals surface area contributed by atoms with E-state index < -0.39 is 12.5 Å². The maximum Gasteiger partial charge on any atom is 0.387 e. The standard InChI is InChI=1S/C22H23ClF2N2O4/c23-16-7-9-17(10-8-16)30-13-11-26-20(28)15-4-3-12-27(14-15)21(29)18-5-1-2-6-19(18)31-22(24)25/h1-2,5-10,15,22H,3-4,11-14H2,(H,26,28). The van der Waals surface area contributed by atoms with Crippen LogP contribution in [0.25, 0.3) is 0 Å². The van der Waals surface area contributed by atoms with Gasteiger partial charge in [-0.3, -0.25) is 9.59 Å². The van der Waals surface area contributed by atoms with Crippen molar-refractivity contribution in [3.05, 3.63) is 59.1 Å². The molecule has 31 heavy (non-hydrogen) atoms. The number of carbonyl (C=O) groups is 2. The van der Waals surface area contributed by atoms with Crippen molar-refractivity contribution in [2.75, 3.05) is 26.2 Å². The van der Waals surface area contributed by atoms with E-state index in [1.165, 1.54) is 23.1 Å². The molecule has 0 spiro atoms. The normalized spacial score (nSPS) is 16.1. The summed E-state index contributed by atoms with van der Waals surface area (Å²) in [5, 5.41) is 3.43. The number of carbonyl (C=O) groups excluding carboxylic acids is 2. The predicted molar refractivity (Wildman–Crippen MR) is 112 cm³/mol. The molecule has 0 aliphatic carbocycles. The van der Waals surface area contributed by atoms with Crippen molar-refractivity contribution in [1.82, 2.24) is 10.2 Å². The maximum atomic E-state index is 12.9. The minimum Gasteiger partial charge on any atom is -0.492 e. The van der Waals surface area contributed by atoms with E-state index in [1.807, 2.05) is 0 Å². The van der Waals surface area contributed by atoms with Gasteiger partial charge in [0.1, 0.15) is 18.1 Å². The Bertz CT molecular complexity index is 895. The van der Waals surface area contributed by atoms with Crippen LogP contribution in [0.1, 0.15) is 23.2 Å². The number of hydrogen-bond acceptors (Lipinski definition) is 4. The Morgan fingerprint density at radius 1 is 1.16 bits per heavy atom. The van der Waals surface area contributed by atoms with E-state index in [-0.39, 0.29) is 29.7 Å². The summed E-state index contributed by atoms with van der Waals surface area (Å²) in [6.45, 7) is -1.75. The monoisotopic (exact) mass is 452 g/mol. The van der Waals surface area contributed by atoms with E-state index in [0.717, 1.165) is 0 Å². The average Bonchev–Trinajstić information content (AvgIpc) is 2.77. The fourth-order valence-corrected chi connectivity index (χ4v) is 3.53. The number of para-hydroxylation sites is 1. The minimum absolute atomic E-state index is 0.0558. The van der Waals surface area contributed by atoms with Crippen molar-refractivity contribution in [3.8, 4) is 11.5 Å². The zero-order valence-electron chi connectivity index (χ0n) is 16.7. The number of ether oxygens (including phenoxy) is 2. The first kappa shape index (κ1) is 22.8. The third kappa shape index (κ3) is 6.55. The highest BCUT2D eigenvalue weighted by Gasteiger charge is 2.30. The SMILES string of the molecule is O=C(NCCOc1ccc(Cl)cc1)C1CCCN(C(=O)c2ccccc2OC(F)F)C1. The molecule has 1 heterocycles. The number of likely N-dealkylation sites (tertiary alicyclic amines) is 1. The molecule has 1 unspecified atom stereocenters. The molecular weight excluding hydrogens is 430 g/mol. The van der Waals surface area contributed by atoms with E-state index in [0.29, 0.717) is 43.3 Å². The van der Waals surface area contributed by atoms with Crippen LogP contribution in [0.5, 0.6) is 11.5 Å². The van der Waals surface area contributed by atoms with Gasteiger partial charge in [0, 0.05) is 18.1 Å². The highest BCUT2D eigenvalue weighted by atomic mass is 35.5. The highest BCUT2D eigenvalue weighted by molar-refractivity contribution is 6.30. The Morgan fingerprint density at radius 3 is 2.65 bits per heavy atom. The van der Waals surface area contributed by atoms with Gasteiger partial charge in [-0.2, -0.15) is 8.78 Å². The van der Waals surface area contributed by atoms with Gasteiger partial charge in [0.2, 0.25) is 5.91 Å². The van der Waals surface area contributed by atoms with Crippen molar-refractivity contribution < 1.29 is 27.8 Å². The molecule has 1 N–H and O–H groups in total. The molecule has 0 aromatic heterocycles. The summed E-state index contributed by atoms with van der Waals surface area (Å²) in [6.07, 6.45) is 1.28. The largest absolute Gasteiger partial charge is 0.492 e. The second kappa shape index (κ2) is 10.9. The quantitative estimate of drug-likeness (QED) is 0.615. The van der Waals surface area contributed by atoms with Gasteiger partial charge in [-0.25, -0.2) is 0 Å². The smallest absolute Gasteiger partial charge is 0.387 e. The first-order chi connectivity index (χ1) is 14.9. The fraction of sp³-hybridized carbons (Fsp3) is 0.364. The van der Waals surface area contributed by atoms with Gasteiger partial charge in [-0.05, 0) is 49.2 Å². The Morgan fingerprint density at radius 2 is 1.90 bits per heavy atom. The summed E-state index contributed by atoms with van der Waals surface area (Å²) in [6, 6.07) is 12.8. The number of piperidine rings is 1. The zero-order chi connectivity index (χ0) is 22.2. The Hall–Kier alpha value is -2.87. The molecule has 9 heteroatoms. The molecule has 0 radical (unpaired) electrons. The Labute approximate surface area is 184 Å². The molecule has 2 aromatic carbocycles. The van der Waals surface area contributed by atoms with Gasteiger partial charge in [0.05, 0.1) is 18.0 Å². The number of amides is 2. The Kier molecular flexibility index (Phi) is 8.06. The fourth-order valence-electron chi connectivity index (χ4n) is 3.41. The van der Waals surface area contributed by atoms with Gasteiger partial charge >= 0.3 is 6.61 Å². The molecule has 1 aliphatic heterocycles. The summed E-state index contributed by atoms with van der Waals surface area (Å²) in [5.74, 6) is -0.503. The zero-order valence-corrected chi connectivity index (χ0v) is 17.5.